The molecule has 16 heavy (non-hydrogen) atoms. The molecule has 1 fully saturated rings. The van der Waals surface area contributed by atoms with Gasteiger partial charge in [-0.3, -0.25) is 4.68 Å². The summed E-state index contributed by atoms with van der Waals surface area (Å²) in [5, 5.41) is 14.6. The fourth-order valence-corrected chi connectivity index (χ4v) is 2.35. The van der Waals surface area contributed by atoms with E-state index in [2.05, 4.69) is 18.9 Å². The van der Waals surface area contributed by atoms with Crippen molar-refractivity contribution in [1.29, 1.82) is 0 Å². The molecule has 1 heterocycles. The maximum atomic E-state index is 10.4. The average Bonchev–Trinajstić information content (AvgIpc) is 2.65. The number of aliphatic hydroxyl groups is 1. The van der Waals surface area contributed by atoms with Gasteiger partial charge in [0.15, 0.2) is 0 Å². The van der Waals surface area contributed by atoms with E-state index >= 15 is 0 Å². The number of aliphatic hydroxyl groups excluding tert-OH is 1. The molecule has 0 radical (unpaired) electrons. The van der Waals surface area contributed by atoms with Crippen molar-refractivity contribution in [3.8, 4) is 0 Å². The first-order valence-electron chi connectivity index (χ1n) is 6.01. The Morgan fingerprint density at radius 2 is 2.25 bits per heavy atom. The Morgan fingerprint density at radius 1 is 1.56 bits per heavy atom. The molecule has 0 aliphatic heterocycles. The van der Waals surface area contributed by atoms with Crippen LogP contribution in [0.3, 0.4) is 0 Å². The summed E-state index contributed by atoms with van der Waals surface area (Å²) in [6.07, 6.45) is 6.46. The molecule has 0 bridgehead atoms. The van der Waals surface area contributed by atoms with Gasteiger partial charge in [0.1, 0.15) is 0 Å². The quantitative estimate of drug-likeness (QED) is 0.815. The van der Waals surface area contributed by atoms with E-state index in [-0.39, 0.29) is 5.41 Å². The lowest BCUT2D eigenvalue weighted by molar-refractivity contribution is -0.0297. The van der Waals surface area contributed by atoms with Crippen LogP contribution in [0.25, 0.3) is 0 Å². The molecule has 1 atom stereocenters. The largest absolute Gasteiger partial charge is 0.388 e. The number of rotatable bonds is 4. The highest BCUT2D eigenvalue weighted by atomic mass is 16.3. The molecule has 1 saturated carbocycles. The number of nitrogens with zero attached hydrogens (tertiary/aromatic N) is 2. The first kappa shape index (κ1) is 11.6. The number of aromatic nitrogens is 2. The zero-order valence-electron chi connectivity index (χ0n) is 10.1. The van der Waals surface area contributed by atoms with Crippen molar-refractivity contribution in [3.05, 3.63) is 18.0 Å². The monoisotopic (exact) mass is 223 g/mol. The Hall–Kier alpha value is -0.870. The van der Waals surface area contributed by atoms with Crippen molar-refractivity contribution in [1.82, 2.24) is 9.78 Å². The Morgan fingerprint density at radius 3 is 2.62 bits per heavy atom. The molecule has 0 saturated heterocycles. The molecular weight excluding hydrogens is 202 g/mol. The third-order valence-electron chi connectivity index (χ3n) is 3.80. The molecule has 0 aromatic carbocycles. The molecule has 0 amide bonds. The first-order chi connectivity index (χ1) is 7.59. The molecule has 1 aliphatic carbocycles. The van der Waals surface area contributed by atoms with Crippen LogP contribution in [0.1, 0.15) is 50.8 Å². The van der Waals surface area contributed by atoms with Gasteiger partial charge in [0, 0.05) is 29.8 Å². The lowest BCUT2D eigenvalue weighted by Gasteiger charge is -2.44. The highest BCUT2D eigenvalue weighted by molar-refractivity contribution is 5.14. The predicted molar refractivity (Wildman–Crippen MR) is 62.9 cm³/mol. The summed E-state index contributed by atoms with van der Waals surface area (Å²) in [6, 6.07) is 0.330. The van der Waals surface area contributed by atoms with Crippen LogP contribution in [0.2, 0.25) is 0 Å². The third kappa shape index (κ3) is 1.76. The maximum Gasteiger partial charge on any atom is 0.0888 e. The second-order valence-corrected chi connectivity index (χ2v) is 5.17. The summed E-state index contributed by atoms with van der Waals surface area (Å²) < 4.78 is 1.88. The third-order valence-corrected chi connectivity index (χ3v) is 3.80. The fourth-order valence-electron chi connectivity index (χ4n) is 2.35. The average molecular weight is 223 g/mol. The molecule has 4 heteroatoms. The Labute approximate surface area is 96.5 Å². The molecule has 1 aromatic rings. The highest BCUT2D eigenvalue weighted by Crippen LogP contribution is 2.49. The number of nitrogens with two attached hydrogens (primary N) is 1. The van der Waals surface area contributed by atoms with Gasteiger partial charge in [-0.1, -0.05) is 6.42 Å². The van der Waals surface area contributed by atoms with E-state index in [0.717, 1.165) is 18.4 Å². The van der Waals surface area contributed by atoms with Gasteiger partial charge in [0.2, 0.25) is 0 Å². The second-order valence-electron chi connectivity index (χ2n) is 5.17. The Kier molecular flexibility index (Phi) is 3.04. The van der Waals surface area contributed by atoms with E-state index in [4.69, 9.17) is 5.73 Å². The van der Waals surface area contributed by atoms with Crippen molar-refractivity contribution in [2.45, 2.75) is 45.3 Å². The van der Waals surface area contributed by atoms with Crippen LogP contribution >= 0.6 is 0 Å². The van der Waals surface area contributed by atoms with Gasteiger partial charge in [0.05, 0.1) is 12.3 Å². The minimum Gasteiger partial charge on any atom is -0.388 e. The molecule has 3 N–H and O–H groups in total. The summed E-state index contributed by atoms with van der Waals surface area (Å²) in [5.41, 5.74) is 6.60. The topological polar surface area (TPSA) is 64.1 Å². The van der Waals surface area contributed by atoms with Crippen molar-refractivity contribution in [2.24, 2.45) is 11.1 Å². The van der Waals surface area contributed by atoms with Gasteiger partial charge in [-0.15, -0.1) is 0 Å². The van der Waals surface area contributed by atoms with Crippen molar-refractivity contribution >= 4 is 0 Å². The van der Waals surface area contributed by atoms with Crippen LogP contribution in [0, 0.1) is 5.41 Å². The molecule has 0 spiro atoms. The van der Waals surface area contributed by atoms with E-state index in [9.17, 15) is 5.11 Å². The van der Waals surface area contributed by atoms with Crippen LogP contribution in [0.15, 0.2) is 12.4 Å². The van der Waals surface area contributed by atoms with Crippen LogP contribution < -0.4 is 5.73 Å². The fraction of sp³-hybridized carbons (Fsp3) is 0.750. The highest BCUT2D eigenvalue weighted by Gasteiger charge is 2.43. The molecule has 4 nitrogen and oxygen atoms in total. The normalized spacial score (nSPS) is 20.8. The number of hydrogen-bond donors (Lipinski definition) is 2. The van der Waals surface area contributed by atoms with Crippen LogP contribution in [0.5, 0.6) is 0 Å². The lowest BCUT2D eigenvalue weighted by Crippen LogP contribution is -2.42. The lowest BCUT2D eigenvalue weighted by atomic mass is 9.64. The summed E-state index contributed by atoms with van der Waals surface area (Å²) in [5.74, 6) is 0. The molecule has 1 aromatic heterocycles. The van der Waals surface area contributed by atoms with Crippen LogP contribution in [-0.4, -0.2) is 21.4 Å². The van der Waals surface area contributed by atoms with E-state index in [1.807, 2.05) is 10.9 Å². The maximum absolute atomic E-state index is 10.4. The summed E-state index contributed by atoms with van der Waals surface area (Å²) in [4.78, 5) is 0. The molecular formula is C12H21N3O. The zero-order chi connectivity index (χ0) is 11.8. The van der Waals surface area contributed by atoms with Gasteiger partial charge >= 0.3 is 0 Å². The summed E-state index contributed by atoms with van der Waals surface area (Å²) in [7, 11) is 0. The van der Waals surface area contributed by atoms with Gasteiger partial charge in [0.25, 0.3) is 0 Å². The van der Waals surface area contributed by atoms with Crippen molar-refractivity contribution in [3.63, 3.8) is 0 Å². The van der Waals surface area contributed by atoms with E-state index in [0.29, 0.717) is 12.6 Å². The standard InChI is InChI=1S/C12H21N3O/c1-9(2)15-7-10(6-14-15)11(16)12(8-13)4-3-5-12/h6-7,9,11,16H,3-5,8,13H2,1-2H3/t11-/m1/s1. The SMILES string of the molecule is CC(C)n1cc([C@@H](O)C2(CN)CCC2)cn1. The van der Waals surface area contributed by atoms with Crippen LogP contribution in [-0.2, 0) is 0 Å². The van der Waals surface area contributed by atoms with Gasteiger partial charge in [-0.05, 0) is 26.7 Å². The second kappa shape index (κ2) is 4.18. The number of hydrogen-bond acceptors (Lipinski definition) is 3. The molecule has 2 rings (SSSR count). The van der Waals surface area contributed by atoms with Crippen molar-refractivity contribution in [2.75, 3.05) is 6.54 Å². The van der Waals surface area contributed by atoms with E-state index in [1.54, 1.807) is 6.20 Å². The Balaban J connectivity index is 2.16. The smallest absolute Gasteiger partial charge is 0.0888 e. The van der Waals surface area contributed by atoms with Crippen LogP contribution in [0.4, 0.5) is 0 Å². The van der Waals surface area contributed by atoms with E-state index < -0.39 is 6.10 Å². The van der Waals surface area contributed by atoms with E-state index in [1.165, 1.54) is 6.42 Å². The minimum absolute atomic E-state index is 0.0924. The molecule has 90 valence electrons. The van der Waals surface area contributed by atoms with Crippen molar-refractivity contribution < 1.29 is 5.11 Å². The first-order valence-corrected chi connectivity index (χ1v) is 6.01. The predicted octanol–water partition coefficient (Wildman–Crippen LogP) is 1.63. The summed E-state index contributed by atoms with van der Waals surface area (Å²) in [6.45, 7) is 4.71. The molecule has 0 unspecified atom stereocenters. The van der Waals surface area contributed by atoms with Gasteiger partial charge in [-0.25, -0.2) is 0 Å². The Bertz CT molecular complexity index is 349. The van der Waals surface area contributed by atoms with Gasteiger partial charge < -0.3 is 10.8 Å². The summed E-state index contributed by atoms with van der Waals surface area (Å²) >= 11 is 0. The zero-order valence-corrected chi connectivity index (χ0v) is 10.1. The minimum atomic E-state index is -0.459. The molecule has 1 aliphatic rings. The van der Waals surface area contributed by atoms with Gasteiger partial charge in [-0.2, -0.15) is 5.10 Å².